The van der Waals surface area contributed by atoms with Crippen molar-refractivity contribution in [2.75, 3.05) is 26.2 Å². The maximum Gasteiger partial charge on any atom is 0.243 e. The lowest BCUT2D eigenvalue weighted by atomic mass is 9.74. The fourth-order valence-corrected chi connectivity index (χ4v) is 7.82. The van der Waals surface area contributed by atoms with Crippen LogP contribution in [-0.2, 0) is 10.0 Å². The van der Waals surface area contributed by atoms with E-state index in [1.54, 1.807) is 11.2 Å². The van der Waals surface area contributed by atoms with E-state index in [2.05, 4.69) is 61.2 Å². The first-order valence-electron chi connectivity index (χ1n) is 13.0. The molecule has 1 unspecified atom stereocenters. The molecule has 7 heteroatoms. The summed E-state index contributed by atoms with van der Waals surface area (Å²) in [5.41, 5.74) is 6.40. The van der Waals surface area contributed by atoms with Crippen LogP contribution in [0.5, 0.6) is 0 Å². The van der Waals surface area contributed by atoms with Crippen LogP contribution >= 0.6 is 0 Å². The average molecular weight is 523 g/mol. The molecule has 196 valence electrons. The second-order valence-corrected chi connectivity index (χ2v) is 12.3. The molecule has 0 spiro atoms. The van der Waals surface area contributed by atoms with E-state index in [4.69, 9.17) is 0 Å². The minimum absolute atomic E-state index is 0.0282. The van der Waals surface area contributed by atoms with Gasteiger partial charge in [-0.25, -0.2) is 12.8 Å². The molecule has 0 radical (unpaired) electrons. The van der Waals surface area contributed by atoms with E-state index in [0.29, 0.717) is 18.7 Å². The number of aryl methyl sites for hydroxylation is 2. The van der Waals surface area contributed by atoms with Gasteiger partial charge < -0.3 is 5.11 Å². The van der Waals surface area contributed by atoms with Crippen LogP contribution in [-0.4, -0.2) is 61.1 Å². The van der Waals surface area contributed by atoms with Crippen molar-refractivity contribution in [2.24, 2.45) is 0 Å². The largest absolute Gasteiger partial charge is 0.395 e. The Hall–Kier alpha value is -2.58. The molecule has 3 aromatic carbocycles. The van der Waals surface area contributed by atoms with Gasteiger partial charge in [0.1, 0.15) is 5.82 Å². The molecule has 0 bridgehead atoms. The van der Waals surface area contributed by atoms with Crippen molar-refractivity contribution in [1.29, 1.82) is 0 Å². The molecule has 0 aliphatic carbocycles. The van der Waals surface area contributed by atoms with Gasteiger partial charge in [-0.3, -0.25) is 4.90 Å². The number of hydrogen-bond donors (Lipinski definition) is 1. The van der Waals surface area contributed by atoms with Crippen molar-refractivity contribution >= 4 is 10.0 Å². The Labute approximate surface area is 219 Å². The van der Waals surface area contributed by atoms with Gasteiger partial charge in [0, 0.05) is 31.1 Å². The molecule has 37 heavy (non-hydrogen) atoms. The number of nitrogens with zero attached hydrogens (tertiary/aromatic N) is 2. The van der Waals surface area contributed by atoms with Crippen LogP contribution in [0.15, 0.2) is 65.6 Å². The van der Waals surface area contributed by atoms with Crippen molar-refractivity contribution in [3.8, 4) is 11.1 Å². The number of fused-ring (bicyclic) bond motifs is 1. The van der Waals surface area contributed by atoms with Crippen molar-refractivity contribution in [1.82, 2.24) is 9.21 Å². The summed E-state index contributed by atoms with van der Waals surface area (Å²) in [6, 6.07) is 18.6. The molecule has 3 aromatic rings. The van der Waals surface area contributed by atoms with E-state index in [1.807, 2.05) is 0 Å². The topological polar surface area (TPSA) is 60.9 Å². The molecule has 2 aliphatic rings. The van der Waals surface area contributed by atoms with Gasteiger partial charge in [-0.2, -0.15) is 4.31 Å². The van der Waals surface area contributed by atoms with Gasteiger partial charge in [0.2, 0.25) is 10.0 Å². The molecule has 5 rings (SSSR count). The first-order valence-corrected chi connectivity index (χ1v) is 14.5. The van der Waals surface area contributed by atoms with Gasteiger partial charge in [0.05, 0.1) is 11.5 Å². The van der Waals surface area contributed by atoms with Gasteiger partial charge in [-0.05, 0) is 91.7 Å². The molecule has 2 heterocycles. The van der Waals surface area contributed by atoms with E-state index >= 15 is 0 Å². The Balaban J connectivity index is 1.44. The molecule has 3 atom stereocenters. The zero-order chi connectivity index (χ0) is 26.3. The molecule has 2 aliphatic heterocycles. The van der Waals surface area contributed by atoms with Crippen LogP contribution in [0, 0.1) is 26.6 Å². The van der Waals surface area contributed by atoms with E-state index in [1.165, 1.54) is 34.9 Å². The van der Waals surface area contributed by atoms with E-state index in [-0.39, 0.29) is 29.5 Å². The first-order chi connectivity index (χ1) is 17.7. The second kappa shape index (κ2) is 10.3. The summed E-state index contributed by atoms with van der Waals surface area (Å²) in [5.74, 6) is -0.410. The monoisotopic (exact) mass is 522 g/mol. The molecular formula is C30H35FN2O3S. The quantitative estimate of drug-likeness (QED) is 0.511. The highest BCUT2D eigenvalue weighted by molar-refractivity contribution is 7.89. The van der Waals surface area contributed by atoms with Crippen LogP contribution < -0.4 is 0 Å². The fourth-order valence-electron chi connectivity index (χ4n) is 6.12. The zero-order valence-corrected chi connectivity index (χ0v) is 22.5. The molecule has 5 nitrogen and oxygen atoms in total. The van der Waals surface area contributed by atoms with E-state index < -0.39 is 15.8 Å². The number of benzene rings is 3. The van der Waals surface area contributed by atoms with Gasteiger partial charge in [-0.1, -0.05) is 42.5 Å². The highest BCUT2D eigenvalue weighted by Crippen LogP contribution is 2.43. The van der Waals surface area contributed by atoms with Crippen LogP contribution in [0.25, 0.3) is 11.1 Å². The Morgan fingerprint density at radius 2 is 1.68 bits per heavy atom. The number of hydrogen-bond acceptors (Lipinski definition) is 4. The second-order valence-electron chi connectivity index (χ2n) is 10.4. The predicted octanol–water partition coefficient (Wildman–Crippen LogP) is 5.03. The third-order valence-corrected chi connectivity index (χ3v) is 10.3. The van der Waals surface area contributed by atoms with Crippen LogP contribution in [0.1, 0.15) is 41.0 Å². The summed E-state index contributed by atoms with van der Waals surface area (Å²) in [4.78, 5) is 2.43. The predicted molar refractivity (Wildman–Crippen MR) is 145 cm³/mol. The highest BCUT2D eigenvalue weighted by atomic mass is 32.2. The van der Waals surface area contributed by atoms with Crippen LogP contribution in [0.3, 0.4) is 0 Å². The van der Waals surface area contributed by atoms with Gasteiger partial charge in [0.25, 0.3) is 0 Å². The molecule has 0 amide bonds. The standard InChI is InChI=1S/C30H35FN2O3S/c1-20-7-6-8-26(22(20)3)23-9-11-24(12-10-23)30-27-18-32(15-4-5-16-33(27)28(30)19-34)37(35,36)29-14-13-25(31)17-21(29)2/h6-14,17,27-28,30,34H,4-5,15-16,18-19H2,1-3H3/t27?,28-,30+/m1/s1. The van der Waals surface area contributed by atoms with Crippen molar-refractivity contribution < 1.29 is 17.9 Å². The van der Waals surface area contributed by atoms with Crippen molar-refractivity contribution in [3.63, 3.8) is 0 Å². The molecule has 2 fully saturated rings. The average Bonchev–Trinajstić information content (AvgIpc) is 2.85. The SMILES string of the molecule is Cc1cc(F)ccc1S(=O)(=O)N1CCCCN2C(C1)[C@H](c1ccc(-c3cccc(C)c3C)cc1)[C@H]2CO. The first kappa shape index (κ1) is 26.0. The number of halogens is 1. The minimum atomic E-state index is -3.78. The summed E-state index contributed by atoms with van der Waals surface area (Å²) in [6.07, 6.45) is 1.61. The maximum absolute atomic E-state index is 13.7. The molecule has 0 aromatic heterocycles. The Kier molecular flexibility index (Phi) is 7.24. The summed E-state index contributed by atoms with van der Waals surface area (Å²) in [5, 5.41) is 10.3. The maximum atomic E-state index is 13.7. The Morgan fingerprint density at radius 3 is 2.38 bits per heavy atom. The van der Waals surface area contributed by atoms with Crippen molar-refractivity contribution in [2.45, 2.75) is 56.5 Å². The molecule has 1 N–H and O–H groups in total. The lowest BCUT2D eigenvalue weighted by molar-refractivity contribution is -0.0553. The van der Waals surface area contributed by atoms with E-state index in [9.17, 15) is 17.9 Å². The van der Waals surface area contributed by atoms with Crippen LogP contribution in [0.2, 0.25) is 0 Å². The van der Waals surface area contributed by atoms with Gasteiger partial charge >= 0.3 is 0 Å². The highest BCUT2D eigenvalue weighted by Gasteiger charge is 2.50. The third-order valence-electron chi connectivity index (χ3n) is 8.30. The van der Waals surface area contributed by atoms with E-state index in [0.717, 1.165) is 30.5 Å². The van der Waals surface area contributed by atoms with Crippen LogP contribution in [0.4, 0.5) is 4.39 Å². The fraction of sp³-hybridized carbons (Fsp3) is 0.400. The molecular weight excluding hydrogens is 487 g/mol. The summed E-state index contributed by atoms with van der Waals surface area (Å²) >= 11 is 0. The van der Waals surface area contributed by atoms with Gasteiger partial charge in [-0.15, -0.1) is 0 Å². The zero-order valence-electron chi connectivity index (χ0n) is 21.7. The summed E-state index contributed by atoms with van der Waals surface area (Å²) < 4.78 is 42.5. The number of aliphatic hydroxyl groups is 1. The van der Waals surface area contributed by atoms with Gasteiger partial charge in [0.15, 0.2) is 0 Å². The number of aliphatic hydroxyl groups excluding tert-OH is 1. The number of sulfonamides is 1. The summed E-state index contributed by atoms with van der Waals surface area (Å²) in [7, 11) is -3.78. The minimum Gasteiger partial charge on any atom is -0.395 e. The Morgan fingerprint density at radius 1 is 0.946 bits per heavy atom. The number of rotatable bonds is 5. The summed E-state index contributed by atoms with van der Waals surface area (Å²) in [6.45, 7) is 7.54. The molecule has 0 saturated carbocycles. The Bertz CT molecular complexity index is 1390. The van der Waals surface area contributed by atoms with Crippen molar-refractivity contribution in [3.05, 3.63) is 88.7 Å². The molecule has 2 saturated heterocycles. The normalized spacial score (nSPS) is 23.1. The smallest absolute Gasteiger partial charge is 0.243 e. The lowest BCUT2D eigenvalue weighted by Gasteiger charge is -2.57. The third kappa shape index (κ3) is 4.74. The lowest BCUT2D eigenvalue weighted by Crippen LogP contribution is -2.67.